The predicted molar refractivity (Wildman–Crippen MR) is 70.9 cm³/mol. The fraction of sp³-hybridized carbons (Fsp3) is 0.533. The molecule has 2 bridgehead atoms. The van der Waals surface area contributed by atoms with Crippen LogP contribution in [0.2, 0.25) is 0 Å². The molecule has 1 saturated heterocycles. The van der Waals surface area contributed by atoms with Gasteiger partial charge in [-0.15, -0.1) is 0 Å². The molecular weight excluding hydrogens is 224 g/mol. The summed E-state index contributed by atoms with van der Waals surface area (Å²) in [4.78, 5) is 14.1. The van der Waals surface area contributed by atoms with Crippen LogP contribution >= 0.6 is 0 Å². The van der Waals surface area contributed by atoms with Gasteiger partial charge in [0.1, 0.15) is 5.78 Å². The Bertz CT molecular complexity index is 413. The number of carbonyl (C=O) groups excluding carboxylic acids is 1. The lowest BCUT2D eigenvalue weighted by Crippen LogP contribution is -2.56. The molecule has 96 valence electrons. The average molecular weight is 244 g/mol. The number of benzene rings is 1. The van der Waals surface area contributed by atoms with E-state index >= 15 is 0 Å². The summed E-state index contributed by atoms with van der Waals surface area (Å²) in [7, 11) is 0. The number of carbonyl (C=O) groups is 1. The van der Waals surface area contributed by atoms with Crippen molar-refractivity contribution in [1.29, 1.82) is 0 Å². The molecule has 2 unspecified atom stereocenters. The van der Waals surface area contributed by atoms with E-state index in [1.54, 1.807) is 0 Å². The van der Waals surface area contributed by atoms with E-state index in [9.17, 15) is 4.79 Å². The minimum absolute atomic E-state index is 0.231. The van der Waals surface area contributed by atoms with E-state index in [2.05, 4.69) is 29.2 Å². The van der Waals surface area contributed by atoms with Gasteiger partial charge in [-0.3, -0.25) is 9.69 Å². The standard InChI is InChI=1S/C15H20N2O/c16-15-12-6-14(18)7-13(15)10-17(9-12)8-11-4-2-1-3-5-11/h1-5,12-13,15H,6-10,16H2. The highest BCUT2D eigenvalue weighted by atomic mass is 16.1. The third-order valence-electron chi connectivity index (χ3n) is 4.30. The molecule has 0 amide bonds. The van der Waals surface area contributed by atoms with Gasteiger partial charge < -0.3 is 5.73 Å². The SMILES string of the molecule is NC1C2CC(=O)CC1CN(Cc1ccccc1)C2. The molecule has 3 heteroatoms. The Labute approximate surface area is 108 Å². The maximum Gasteiger partial charge on any atom is 0.133 e. The van der Waals surface area contributed by atoms with Crippen molar-refractivity contribution >= 4 is 5.78 Å². The van der Waals surface area contributed by atoms with Crippen LogP contribution in [0.3, 0.4) is 0 Å². The molecule has 1 aromatic rings. The van der Waals surface area contributed by atoms with Crippen molar-refractivity contribution in [3.63, 3.8) is 0 Å². The largest absolute Gasteiger partial charge is 0.327 e. The van der Waals surface area contributed by atoms with Crippen LogP contribution in [0, 0.1) is 11.8 Å². The fourth-order valence-electron chi connectivity index (χ4n) is 3.41. The van der Waals surface area contributed by atoms with Crippen LogP contribution in [-0.2, 0) is 11.3 Å². The van der Waals surface area contributed by atoms with Crippen molar-refractivity contribution in [3.8, 4) is 0 Å². The van der Waals surface area contributed by atoms with Crippen LogP contribution in [0.25, 0.3) is 0 Å². The summed E-state index contributed by atoms with van der Waals surface area (Å²) in [5.41, 5.74) is 7.57. The number of hydrogen-bond donors (Lipinski definition) is 1. The summed E-state index contributed by atoms with van der Waals surface area (Å²) >= 11 is 0. The summed E-state index contributed by atoms with van der Waals surface area (Å²) in [6.07, 6.45) is 1.37. The van der Waals surface area contributed by atoms with Gasteiger partial charge in [0.05, 0.1) is 0 Å². The van der Waals surface area contributed by atoms with Crippen molar-refractivity contribution in [1.82, 2.24) is 4.90 Å². The number of fused-ring (bicyclic) bond motifs is 2. The number of piperidine rings is 1. The zero-order valence-electron chi connectivity index (χ0n) is 10.6. The van der Waals surface area contributed by atoms with Gasteiger partial charge in [-0.1, -0.05) is 30.3 Å². The highest BCUT2D eigenvalue weighted by Gasteiger charge is 2.40. The Morgan fingerprint density at radius 3 is 2.33 bits per heavy atom. The lowest BCUT2D eigenvalue weighted by atomic mass is 9.73. The second-order valence-corrected chi connectivity index (χ2v) is 5.72. The second-order valence-electron chi connectivity index (χ2n) is 5.72. The first kappa shape index (κ1) is 11.9. The number of nitrogens with zero attached hydrogens (tertiary/aromatic N) is 1. The number of rotatable bonds is 2. The third kappa shape index (κ3) is 2.33. The van der Waals surface area contributed by atoms with Crippen molar-refractivity contribution in [3.05, 3.63) is 35.9 Å². The molecule has 0 radical (unpaired) electrons. The van der Waals surface area contributed by atoms with E-state index in [4.69, 9.17) is 5.73 Å². The Kier molecular flexibility index (Phi) is 3.18. The van der Waals surface area contributed by atoms with E-state index < -0.39 is 0 Å². The molecule has 1 heterocycles. The predicted octanol–water partition coefficient (Wildman–Crippen LogP) is 1.42. The van der Waals surface area contributed by atoms with Crippen LogP contribution < -0.4 is 5.73 Å². The highest BCUT2D eigenvalue weighted by molar-refractivity contribution is 5.80. The van der Waals surface area contributed by atoms with Gasteiger partial charge in [-0.2, -0.15) is 0 Å². The van der Waals surface area contributed by atoms with Gasteiger partial charge in [0.15, 0.2) is 0 Å². The molecule has 3 nitrogen and oxygen atoms in total. The lowest BCUT2D eigenvalue weighted by molar-refractivity contribution is -0.126. The molecule has 18 heavy (non-hydrogen) atoms. The Hall–Kier alpha value is -1.19. The first-order valence-electron chi connectivity index (χ1n) is 6.76. The minimum atomic E-state index is 0.231. The van der Waals surface area contributed by atoms with Crippen LogP contribution in [0.1, 0.15) is 18.4 Å². The fourth-order valence-corrected chi connectivity index (χ4v) is 3.41. The molecule has 2 atom stereocenters. The molecule has 1 aromatic carbocycles. The average Bonchev–Trinajstić information content (AvgIpc) is 2.33. The van der Waals surface area contributed by atoms with Gasteiger partial charge in [-0.05, 0) is 17.4 Å². The number of hydrogen-bond acceptors (Lipinski definition) is 3. The zero-order valence-corrected chi connectivity index (χ0v) is 10.6. The second kappa shape index (κ2) is 4.82. The quantitative estimate of drug-likeness (QED) is 0.856. The third-order valence-corrected chi connectivity index (χ3v) is 4.30. The van der Waals surface area contributed by atoms with Gasteiger partial charge in [-0.25, -0.2) is 0 Å². The Morgan fingerprint density at radius 1 is 1.11 bits per heavy atom. The van der Waals surface area contributed by atoms with Crippen LogP contribution in [0.4, 0.5) is 0 Å². The normalized spacial score (nSPS) is 32.5. The molecule has 3 rings (SSSR count). The topological polar surface area (TPSA) is 46.3 Å². The molecule has 0 spiro atoms. The minimum Gasteiger partial charge on any atom is -0.327 e. The van der Waals surface area contributed by atoms with E-state index in [0.29, 0.717) is 30.5 Å². The molecule has 0 aromatic heterocycles. The first-order chi connectivity index (χ1) is 8.72. The number of Topliss-reactive ketones (excluding diaryl/α,β-unsaturated/α-hetero) is 1. The zero-order chi connectivity index (χ0) is 12.5. The Balaban J connectivity index is 1.68. The van der Waals surface area contributed by atoms with Crippen molar-refractivity contribution < 1.29 is 4.79 Å². The lowest BCUT2D eigenvalue weighted by Gasteiger charge is -2.45. The Morgan fingerprint density at radius 2 is 1.72 bits per heavy atom. The molecule has 1 saturated carbocycles. The van der Waals surface area contributed by atoms with Crippen LogP contribution in [0.15, 0.2) is 30.3 Å². The van der Waals surface area contributed by atoms with E-state index in [-0.39, 0.29) is 6.04 Å². The molecular formula is C15H20N2O. The van der Waals surface area contributed by atoms with E-state index in [1.807, 2.05) is 6.07 Å². The number of ketones is 1. The first-order valence-corrected chi connectivity index (χ1v) is 6.76. The summed E-state index contributed by atoms with van der Waals surface area (Å²) in [6.45, 7) is 2.92. The summed E-state index contributed by atoms with van der Waals surface area (Å²) in [6, 6.07) is 10.8. The van der Waals surface area contributed by atoms with Crippen LogP contribution in [0.5, 0.6) is 0 Å². The smallest absolute Gasteiger partial charge is 0.133 e. The molecule has 2 aliphatic rings. The van der Waals surface area contributed by atoms with Crippen molar-refractivity contribution in [2.75, 3.05) is 13.1 Å². The van der Waals surface area contributed by atoms with Gasteiger partial charge in [0, 0.05) is 38.5 Å². The number of nitrogens with two attached hydrogens (primary N) is 1. The molecule has 2 N–H and O–H groups in total. The molecule has 1 aliphatic carbocycles. The van der Waals surface area contributed by atoms with Crippen molar-refractivity contribution in [2.45, 2.75) is 25.4 Å². The highest BCUT2D eigenvalue weighted by Crippen LogP contribution is 2.32. The van der Waals surface area contributed by atoms with Gasteiger partial charge >= 0.3 is 0 Å². The molecule has 2 fully saturated rings. The summed E-state index contributed by atoms with van der Waals surface area (Å²) in [5, 5.41) is 0. The molecule has 1 aliphatic heterocycles. The maximum atomic E-state index is 11.6. The number of likely N-dealkylation sites (tertiary alicyclic amines) is 1. The van der Waals surface area contributed by atoms with Gasteiger partial charge in [0.25, 0.3) is 0 Å². The van der Waals surface area contributed by atoms with Crippen LogP contribution in [-0.4, -0.2) is 29.8 Å². The maximum absolute atomic E-state index is 11.6. The van der Waals surface area contributed by atoms with Gasteiger partial charge in [0.2, 0.25) is 0 Å². The van der Waals surface area contributed by atoms with E-state index in [0.717, 1.165) is 19.6 Å². The van der Waals surface area contributed by atoms with E-state index in [1.165, 1.54) is 5.56 Å². The summed E-state index contributed by atoms with van der Waals surface area (Å²) in [5.74, 6) is 1.15. The summed E-state index contributed by atoms with van der Waals surface area (Å²) < 4.78 is 0. The monoisotopic (exact) mass is 244 g/mol. The van der Waals surface area contributed by atoms with Crippen molar-refractivity contribution in [2.24, 2.45) is 17.6 Å².